The number of hydrogen-bond acceptors (Lipinski definition) is 5. The molecule has 0 atom stereocenters. The summed E-state index contributed by atoms with van der Waals surface area (Å²) in [6.45, 7) is 6.50. The van der Waals surface area contributed by atoms with Crippen LogP contribution in [0.2, 0.25) is 5.02 Å². The largest absolute Gasteiger partial charge is 0.382 e. The fourth-order valence-electron chi connectivity index (χ4n) is 3.42. The Morgan fingerprint density at radius 1 is 1.09 bits per heavy atom. The van der Waals surface area contributed by atoms with Gasteiger partial charge in [-0.1, -0.05) is 29.8 Å². The Kier molecular flexibility index (Phi) is 7.66. The van der Waals surface area contributed by atoms with Gasteiger partial charge in [-0.15, -0.1) is 0 Å². The molecule has 2 N–H and O–H groups in total. The summed E-state index contributed by atoms with van der Waals surface area (Å²) in [5, 5.41) is 6.35. The lowest BCUT2D eigenvalue weighted by molar-refractivity contribution is -0.137. The number of ether oxygens (including phenoxy) is 1. The average molecular weight is 456 g/mol. The number of amides is 3. The number of nitrogens with one attached hydrogen (secondary N) is 2. The van der Waals surface area contributed by atoms with Crippen molar-refractivity contribution in [2.45, 2.75) is 27.2 Å². The van der Waals surface area contributed by atoms with Gasteiger partial charge in [0.1, 0.15) is 5.70 Å². The van der Waals surface area contributed by atoms with Crippen LogP contribution in [-0.2, 0) is 19.1 Å². The van der Waals surface area contributed by atoms with E-state index in [1.54, 1.807) is 36.4 Å². The summed E-state index contributed by atoms with van der Waals surface area (Å²) in [6.07, 6.45) is 0.545. The molecule has 2 aromatic rings. The van der Waals surface area contributed by atoms with Gasteiger partial charge in [-0.2, -0.15) is 0 Å². The molecule has 2 aromatic carbocycles. The van der Waals surface area contributed by atoms with E-state index in [0.717, 1.165) is 5.56 Å². The van der Waals surface area contributed by atoms with E-state index >= 15 is 0 Å². The maximum absolute atomic E-state index is 13.3. The van der Waals surface area contributed by atoms with Crippen molar-refractivity contribution in [2.24, 2.45) is 0 Å². The molecule has 32 heavy (non-hydrogen) atoms. The van der Waals surface area contributed by atoms with Gasteiger partial charge < -0.3 is 15.4 Å². The molecule has 3 amide bonds. The number of nitrogens with zero attached hydrogens (tertiary/aromatic N) is 1. The first-order valence-electron chi connectivity index (χ1n) is 10.4. The minimum Gasteiger partial charge on any atom is -0.382 e. The lowest BCUT2D eigenvalue weighted by Crippen LogP contribution is -2.34. The minimum absolute atomic E-state index is 0.191. The van der Waals surface area contributed by atoms with Crippen LogP contribution < -0.4 is 10.6 Å². The first kappa shape index (κ1) is 23.5. The van der Waals surface area contributed by atoms with Crippen LogP contribution in [0.25, 0.3) is 5.57 Å². The number of rotatable bonds is 9. The normalized spacial score (nSPS) is 13.7. The standard InChI is InChI=1S/C24H26ClN3O4/c1-4-32-13-5-12-28-23(30)21(17-7-10-19(11-8-17)26-16(3)29)22(24(28)31)27-20-14-18(25)9-6-15(20)2/h6-11,14,27H,4-5,12-13H2,1-3H3,(H,26,29). The summed E-state index contributed by atoms with van der Waals surface area (Å²) < 4.78 is 5.34. The van der Waals surface area contributed by atoms with Crippen molar-refractivity contribution in [1.82, 2.24) is 4.90 Å². The van der Waals surface area contributed by atoms with Crippen LogP contribution in [0, 0.1) is 6.92 Å². The van der Waals surface area contributed by atoms with Crippen molar-refractivity contribution >= 4 is 46.3 Å². The Hall–Kier alpha value is -3.16. The monoisotopic (exact) mass is 455 g/mol. The molecule has 0 saturated carbocycles. The summed E-state index contributed by atoms with van der Waals surface area (Å²) in [5.74, 6) is -0.962. The molecule has 0 aromatic heterocycles. The van der Waals surface area contributed by atoms with Crippen molar-refractivity contribution < 1.29 is 19.1 Å². The summed E-state index contributed by atoms with van der Waals surface area (Å²) in [6, 6.07) is 12.1. The van der Waals surface area contributed by atoms with Crippen LogP contribution in [0.4, 0.5) is 11.4 Å². The molecule has 168 valence electrons. The Labute approximate surface area is 192 Å². The highest BCUT2D eigenvalue weighted by atomic mass is 35.5. The summed E-state index contributed by atoms with van der Waals surface area (Å²) >= 11 is 6.14. The van der Waals surface area contributed by atoms with E-state index in [2.05, 4.69) is 10.6 Å². The smallest absolute Gasteiger partial charge is 0.278 e. The highest BCUT2D eigenvalue weighted by molar-refractivity contribution is 6.36. The summed E-state index contributed by atoms with van der Waals surface area (Å²) in [7, 11) is 0. The van der Waals surface area contributed by atoms with Gasteiger partial charge in [0.15, 0.2) is 0 Å². The number of aryl methyl sites for hydroxylation is 1. The van der Waals surface area contributed by atoms with Crippen molar-refractivity contribution in [3.05, 3.63) is 64.3 Å². The maximum atomic E-state index is 13.3. The number of anilines is 2. The second-order valence-electron chi connectivity index (χ2n) is 7.41. The van der Waals surface area contributed by atoms with Gasteiger partial charge in [0.05, 0.1) is 5.57 Å². The molecule has 0 unspecified atom stereocenters. The first-order valence-corrected chi connectivity index (χ1v) is 10.8. The Bertz CT molecular complexity index is 1060. The van der Waals surface area contributed by atoms with Crippen molar-refractivity contribution in [3.63, 3.8) is 0 Å². The van der Waals surface area contributed by atoms with Gasteiger partial charge in [0, 0.05) is 43.1 Å². The highest BCUT2D eigenvalue weighted by Gasteiger charge is 2.39. The summed E-state index contributed by atoms with van der Waals surface area (Å²) in [5.41, 5.74) is 3.19. The molecular formula is C24H26ClN3O4. The topological polar surface area (TPSA) is 87.7 Å². The Morgan fingerprint density at radius 2 is 1.81 bits per heavy atom. The SMILES string of the molecule is CCOCCCN1C(=O)C(Nc2cc(Cl)ccc2C)=C(c2ccc(NC(C)=O)cc2)C1=O. The molecule has 0 radical (unpaired) electrons. The molecular weight excluding hydrogens is 430 g/mol. The lowest BCUT2D eigenvalue weighted by Gasteiger charge is -2.15. The van der Waals surface area contributed by atoms with Crippen molar-refractivity contribution in [2.75, 3.05) is 30.4 Å². The van der Waals surface area contributed by atoms with Crippen LogP contribution in [0.1, 0.15) is 31.4 Å². The first-order chi connectivity index (χ1) is 15.3. The molecule has 1 aliphatic heterocycles. The van der Waals surface area contributed by atoms with Crippen LogP contribution in [0.15, 0.2) is 48.2 Å². The van der Waals surface area contributed by atoms with E-state index in [0.29, 0.717) is 41.6 Å². The van der Waals surface area contributed by atoms with E-state index in [1.165, 1.54) is 11.8 Å². The highest BCUT2D eigenvalue weighted by Crippen LogP contribution is 2.32. The number of hydrogen-bond donors (Lipinski definition) is 2. The zero-order chi connectivity index (χ0) is 23.3. The van der Waals surface area contributed by atoms with Gasteiger partial charge in [-0.05, 0) is 55.7 Å². The van der Waals surface area contributed by atoms with Crippen LogP contribution in [-0.4, -0.2) is 42.4 Å². The van der Waals surface area contributed by atoms with E-state index < -0.39 is 5.91 Å². The molecule has 0 aliphatic carbocycles. The van der Waals surface area contributed by atoms with Gasteiger partial charge in [0.2, 0.25) is 5.91 Å². The molecule has 3 rings (SSSR count). The molecule has 8 heteroatoms. The van der Waals surface area contributed by atoms with E-state index in [9.17, 15) is 14.4 Å². The fraction of sp³-hybridized carbons (Fsp3) is 0.292. The second kappa shape index (κ2) is 10.4. The summed E-state index contributed by atoms with van der Waals surface area (Å²) in [4.78, 5) is 39.0. The molecule has 7 nitrogen and oxygen atoms in total. The van der Waals surface area contributed by atoms with E-state index in [-0.39, 0.29) is 29.6 Å². The second-order valence-corrected chi connectivity index (χ2v) is 7.84. The van der Waals surface area contributed by atoms with Gasteiger partial charge in [-0.3, -0.25) is 19.3 Å². The Balaban J connectivity index is 1.97. The molecule has 1 heterocycles. The third kappa shape index (κ3) is 5.36. The molecule has 0 bridgehead atoms. The quantitative estimate of drug-likeness (QED) is 0.436. The number of benzene rings is 2. The number of halogens is 1. The molecule has 0 saturated heterocycles. The number of carbonyl (C=O) groups is 3. The lowest BCUT2D eigenvalue weighted by atomic mass is 10.0. The van der Waals surface area contributed by atoms with E-state index in [4.69, 9.17) is 16.3 Å². The average Bonchev–Trinajstić information content (AvgIpc) is 2.98. The van der Waals surface area contributed by atoms with Crippen LogP contribution in [0.5, 0.6) is 0 Å². The van der Waals surface area contributed by atoms with Crippen molar-refractivity contribution in [3.8, 4) is 0 Å². The van der Waals surface area contributed by atoms with Crippen molar-refractivity contribution in [1.29, 1.82) is 0 Å². The zero-order valence-corrected chi connectivity index (χ0v) is 19.1. The van der Waals surface area contributed by atoms with Gasteiger partial charge in [-0.25, -0.2) is 0 Å². The van der Waals surface area contributed by atoms with Crippen LogP contribution in [0.3, 0.4) is 0 Å². The third-order valence-corrected chi connectivity index (χ3v) is 5.23. The molecule has 1 aliphatic rings. The predicted octanol–water partition coefficient (Wildman–Crippen LogP) is 4.23. The fourth-order valence-corrected chi connectivity index (χ4v) is 3.59. The molecule has 0 spiro atoms. The number of carbonyl (C=O) groups excluding carboxylic acids is 3. The third-order valence-electron chi connectivity index (χ3n) is 5.00. The van der Waals surface area contributed by atoms with Gasteiger partial charge >= 0.3 is 0 Å². The van der Waals surface area contributed by atoms with E-state index in [1.807, 2.05) is 19.9 Å². The maximum Gasteiger partial charge on any atom is 0.278 e. The molecule has 0 fully saturated rings. The van der Waals surface area contributed by atoms with Gasteiger partial charge in [0.25, 0.3) is 11.8 Å². The Morgan fingerprint density at radius 3 is 2.47 bits per heavy atom. The zero-order valence-electron chi connectivity index (χ0n) is 18.3. The van der Waals surface area contributed by atoms with Crippen LogP contribution >= 0.6 is 11.6 Å². The number of imide groups is 1. The predicted molar refractivity (Wildman–Crippen MR) is 125 cm³/mol. The minimum atomic E-state index is -0.396.